The fourth-order valence-electron chi connectivity index (χ4n) is 3.56. The number of carbonyl (C=O) groups is 1. The average Bonchev–Trinajstić information content (AvgIpc) is 3.19. The van der Waals surface area contributed by atoms with Gasteiger partial charge in [-0.3, -0.25) is 4.79 Å². The van der Waals surface area contributed by atoms with Crippen molar-refractivity contribution in [3.8, 4) is 0 Å². The molecule has 0 saturated carbocycles. The maximum Gasteiger partial charge on any atom is 0.269 e. The third kappa shape index (κ3) is 4.06. The van der Waals surface area contributed by atoms with Crippen LogP contribution in [0, 0.1) is 0 Å². The number of carbonyl (C=O) groups excluding carboxylic acids is 1. The smallest absolute Gasteiger partial charge is 0.269 e. The molecule has 0 spiro atoms. The Hall–Kier alpha value is -3.17. The molecule has 4 rings (SSSR count). The van der Waals surface area contributed by atoms with Crippen LogP contribution in [0.15, 0.2) is 66.0 Å². The van der Waals surface area contributed by atoms with Crippen LogP contribution in [0.5, 0.6) is 0 Å². The predicted octanol–water partition coefficient (Wildman–Crippen LogP) is 2.37. The van der Waals surface area contributed by atoms with Crippen molar-refractivity contribution in [2.75, 3.05) is 45.3 Å². The molecule has 31 heavy (non-hydrogen) atoms. The lowest BCUT2D eigenvalue weighted by Crippen LogP contribution is -2.36. The van der Waals surface area contributed by atoms with Crippen LogP contribution in [0.1, 0.15) is 10.4 Å². The molecule has 8 nitrogen and oxygen atoms in total. The lowest BCUT2D eigenvalue weighted by atomic mass is 10.1. The first-order valence-electron chi connectivity index (χ1n) is 9.92. The van der Waals surface area contributed by atoms with Crippen LogP contribution >= 0.6 is 0 Å². The fraction of sp³-hybridized carbons (Fsp3) is 0.273. The molecular formula is C22H24N4O4S. The zero-order chi connectivity index (χ0) is 22.0. The molecule has 1 aliphatic heterocycles. The van der Waals surface area contributed by atoms with E-state index in [1.165, 1.54) is 24.4 Å². The molecule has 0 radical (unpaired) electrons. The van der Waals surface area contributed by atoms with Crippen LogP contribution < -0.4 is 4.90 Å². The first-order chi connectivity index (χ1) is 14.9. The van der Waals surface area contributed by atoms with Gasteiger partial charge in [-0.25, -0.2) is 17.4 Å². The number of ether oxygens (including phenoxy) is 1. The van der Waals surface area contributed by atoms with Crippen molar-refractivity contribution in [3.63, 3.8) is 0 Å². The number of allylic oxidation sites excluding steroid dienone is 1. The molecule has 1 fully saturated rings. The highest BCUT2D eigenvalue weighted by Crippen LogP contribution is 2.33. The van der Waals surface area contributed by atoms with Gasteiger partial charge in [-0.2, -0.15) is 0 Å². The molecule has 1 saturated heterocycles. The Labute approximate surface area is 181 Å². The van der Waals surface area contributed by atoms with E-state index in [2.05, 4.69) is 9.88 Å². The first-order valence-corrected chi connectivity index (χ1v) is 11.4. The van der Waals surface area contributed by atoms with Gasteiger partial charge in [0.2, 0.25) is 0 Å². The Morgan fingerprint density at radius 3 is 2.52 bits per heavy atom. The topological polar surface area (TPSA) is 84.7 Å². The molecule has 3 heterocycles. The SMILES string of the molecule is CN(C)C=CC(=O)c1cn(S(=O)(=O)c2ccccc2)c2nccc(N3CCOCC3)c12. The Morgan fingerprint density at radius 1 is 1.13 bits per heavy atom. The summed E-state index contributed by atoms with van der Waals surface area (Å²) in [6, 6.07) is 9.96. The quantitative estimate of drug-likeness (QED) is 0.430. The highest BCUT2D eigenvalue weighted by molar-refractivity contribution is 7.90. The van der Waals surface area contributed by atoms with E-state index in [-0.39, 0.29) is 16.3 Å². The summed E-state index contributed by atoms with van der Waals surface area (Å²) >= 11 is 0. The highest BCUT2D eigenvalue weighted by Gasteiger charge is 2.27. The molecule has 0 aliphatic carbocycles. The number of ketones is 1. The number of fused-ring (bicyclic) bond motifs is 1. The predicted molar refractivity (Wildman–Crippen MR) is 119 cm³/mol. The molecule has 9 heteroatoms. The van der Waals surface area contributed by atoms with E-state index in [0.29, 0.717) is 37.3 Å². The van der Waals surface area contributed by atoms with Crippen LogP contribution in [-0.4, -0.2) is 68.5 Å². The van der Waals surface area contributed by atoms with E-state index in [1.807, 2.05) is 20.2 Å². The number of hydrogen-bond donors (Lipinski definition) is 0. The van der Waals surface area contributed by atoms with Crippen molar-refractivity contribution in [2.24, 2.45) is 0 Å². The van der Waals surface area contributed by atoms with Crippen molar-refractivity contribution in [1.82, 2.24) is 13.9 Å². The van der Waals surface area contributed by atoms with Gasteiger partial charge in [-0.1, -0.05) is 18.2 Å². The fourth-order valence-corrected chi connectivity index (χ4v) is 4.90. The number of hydrogen-bond acceptors (Lipinski definition) is 7. The largest absolute Gasteiger partial charge is 0.383 e. The summed E-state index contributed by atoms with van der Waals surface area (Å²) in [5, 5.41) is 0.525. The highest BCUT2D eigenvalue weighted by atomic mass is 32.2. The zero-order valence-electron chi connectivity index (χ0n) is 17.4. The van der Waals surface area contributed by atoms with Crippen LogP contribution in [0.4, 0.5) is 5.69 Å². The normalized spacial score (nSPS) is 15.0. The summed E-state index contributed by atoms with van der Waals surface area (Å²) in [5.74, 6) is -0.289. The van der Waals surface area contributed by atoms with Gasteiger partial charge < -0.3 is 14.5 Å². The maximum atomic E-state index is 13.4. The van der Waals surface area contributed by atoms with Gasteiger partial charge in [-0.05, 0) is 18.2 Å². The third-order valence-electron chi connectivity index (χ3n) is 5.07. The Morgan fingerprint density at radius 2 is 1.84 bits per heavy atom. The van der Waals surface area contributed by atoms with Crippen molar-refractivity contribution in [3.05, 3.63) is 66.6 Å². The van der Waals surface area contributed by atoms with E-state index < -0.39 is 10.0 Å². The van der Waals surface area contributed by atoms with Crippen molar-refractivity contribution in [2.45, 2.75) is 4.90 Å². The molecule has 1 aliphatic rings. The second-order valence-electron chi connectivity index (χ2n) is 7.43. The summed E-state index contributed by atoms with van der Waals surface area (Å²) < 4.78 is 33.3. The van der Waals surface area contributed by atoms with E-state index in [1.54, 1.807) is 35.5 Å². The Bertz CT molecular complexity index is 1230. The van der Waals surface area contributed by atoms with Crippen molar-refractivity contribution >= 4 is 32.5 Å². The van der Waals surface area contributed by atoms with Gasteiger partial charge in [0.1, 0.15) is 0 Å². The second kappa shape index (κ2) is 8.52. The van der Waals surface area contributed by atoms with Gasteiger partial charge in [0.05, 0.1) is 34.7 Å². The summed E-state index contributed by atoms with van der Waals surface area (Å²) in [4.78, 5) is 21.4. The van der Waals surface area contributed by atoms with Gasteiger partial charge in [0.25, 0.3) is 10.0 Å². The third-order valence-corrected chi connectivity index (χ3v) is 6.74. The minimum Gasteiger partial charge on any atom is -0.383 e. The molecule has 0 bridgehead atoms. The van der Waals surface area contributed by atoms with Gasteiger partial charge in [-0.15, -0.1) is 0 Å². The number of nitrogens with zero attached hydrogens (tertiary/aromatic N) is 4. The Kier molecular flexibility index (Phi) is 5.79. The van der Waals surface area contributed by atoms with E-state index in [4.69, 9.17) is 4.74 Å². The van der Waals surface area contributed by atoms with Gasteiger partial charge in [0, 0.05) is 51.9 Å². The minimum atomic E-state index is -3.93. The number of anilines is 1. The molecule has 0 N–H and O–H groups in total. The van der Waals surface area contributed by atoms with Crippen molar-refractivity contribution < 1.29 is 17.9 Å². The van der Waals surface area contributed by atoms with Crippen molar-refractivity contribution in [1.29, 1.82) is 0 Å². The number of pyridine rings is 1. The van der Waals surface area contributed by atoms with Crippen LogP contribution in [-0.2, 0) is 14.8 Å². The molecule has 0 atom stereocenters. The first kappa shape index (κ1) is 21.1. The molecule has 0 amide bonds. The van der Waals surface area contributed by atoms with E-state index in [0.717, 1.165) is 9.66 Å². The summed E-state index contributed by atoms with van der Waals surface area (Å²) in [6.07, 6.45) is 6.03. The van der Waals surface area contributed by atoms with Gasteiger partial charge >= 0.3 is 0 Å². The zero-order valence-corrected chi connectivity index (χ0v) is 18.2. The molecule has 3 aromatic rings. The van der Waals surface area contributed by atoms with E-state index >= 15 is 0 Å². The molecule has 162 valence electrons. The van der Waals surface area contributed by atoms with Gasteiger partial charge in [0.15, 0.2) is 11.4 Å². The van der Waals surface area contributed by atoms with Crippen LogP contribution in [0.25, 0.3) is 11.0 Å². The molecule has 0 unspecified atom stereocenters. The molecular weight excluding hydrogens is 416 g/mol. The van der Waals surface area contributed by atoms with E-state index in [9.17, 15) is 13.2 Å². The number of rotatable bonds is 6. The second-order valence-corrected chi connectivity index (χ2v) is 9.24. The number of benzene rings is 1. The van der Waals surface area contributed by atoms with Crippen LogP contribution in [0.3, 0.4) is 0 Å². The lowest BCUT2D eigenvalue weighted by molar-refractivity contribution is 0.104. The Balaban J connectivity index is 1.95. The monoisotopic (exact) mass is 440 g/mol. The summed E-state index contributed by atoms with van der Waals surface area (Å²) in [7, 11) is -0.307. The summed E-state index contributed by atoms with van der Waals surface area (Å²) in [5.41, 5.74) is 1.30. The number of aromatic nitrogens is 2. The standard InChI is InChI=1S/C22H24N4O4S/c1-24(2)11-9-20(27)18-16-26(31(28,29)17-6-4-3-5-7-17)22-21(18)19(8-10-23-22)25-12-14-30-15-13-25/h3-11,16H,12-15H2,1-2H3. The average molecular weight is 441 g/mol. The minimum absolute atomic E-state index is 0.133. The molecule has 2 aromatic heterocycles. The molecule has 1 aromatic carbocycles. The number of morpholine rings is 1. The van der Waals surface area contributed by atoms with Crippen LogP contribution in [0.2, 0.25) is 0 Å². The summed E-state index contributed by atoms with van der Waals surface area (Å²) in [6.45, 7) is 2.43. The maximum absolute atomic E-state index is 13.4. The lowest BCUT2D eigenvalue weighted by Gasteiger charge is -2.29.